The predicted molar refractivity (Wildman–Crippen MR) is 124 cm³/mol. The van der Waals surface area contributed by atoms with E-state index in [0.717, 1.165) is 25.6 Å². The molecule has 32 heavy (non-hydrogen) atoms. The van der Waals surface area contributed by atoms with E-state index in [0.29, 0.717) is 35.5 Å². The van der Waals surface area contributed by atoms with Gasteiger partial charge in [0.15, 0.2) is 0 Å². The second kappa shape index (κ2) is 8.45. The predicted octanol–water partition coefficient (Wildman–Crippen LogP) is 4.96. The molecule has 0 radical (unpaired) electrons. The van der Waals surface area contributed by atoms with Gasteiger partial charge < -0.3 is 10.4 Å². The number of nitrogens with zero attached hydrogens (tertiary/aromatic N) is 1. The van der Waals surface area contributed by atoms with Crippen LogP contribution in [0.25, 0.3) is 6.08 Å². The first-order valence-electron chi connectivity index (χ1n) is 11.7. The molecule has 0 aromatic heterocycles. The van der Waals surface area contributed by atoms with Crippen molar-refractivity contribution in [3.63, 3.8) is 0 Å². The number of benzene rings is 2. The molecule has 2 aromatic carbocycles. The third-order valence-corrected chi connectivity index (χ3v) is 7.45. The number of likely N-dealkylation sites (tertiary alicyclic amines) is 1. The van der Waals surface area contributed by atoms with E-state index in [1.165, 1.54) is 30.9 Å². The molecule has 0 unspecified atom stereocenters. The Labute approximate surface area is 189 Å². The lowest BCUT2D eigenvalue weighted by Gasteiger charge is -2.59. The Hall–Kier alpha value is -2.50. The van der Waals surface area contributed by atoms with Crippen molar-refractivity contribution in [3.05, 3.63) is 76.6 Å². The summed E-state index contributed by atoms with van der Waals surface area (Å²) >= 11 is 0. The first-order valence-corrected chi connectivity index (χ1v) is 11.7. The van der Waals surface area contributed by atoms with Gasteiger partial charge in [-0.25, -0.2) is 9.18 Å². The van der Waals surface area contributed by atoms with Crippen molar-refractivity contribution in [1.29, 1.82) is 0 Å². The van der Waals surface area contributed by atoms with E-state index >= 15 is 0 Å². The first kappa shape index (κ1) is 21.4. The second-order valence-electron chi connectivity index (χ2n) is 9.96. The monoisotopic (exact) mass is 434 g/mol. The fraction of sp³-hybridized carbons (Fsp3) is 0.444. The highest BCUT2D eigenvalue weighted by Gasteiger charge is 2.53. The number of aromatic carboxylic acids is 1. The maximum Gasteiger partial charge on any atom is 0.335 e. The number of carboxylic acids is 1. The largest absolute Gasteiger partial charge is 0.478 e. The fourth-order valence-electron chi connectivity index (χ4n) is 5.75. The number of carbonyl (C=O) groups is 1. The Kier molecular flexibility index (Phi) is 5.64. The highest BCUT2D eigenvalue weighted by atomic mass is 19.1. The van der Waals surface area contributed by atoms with E-state index in [2.05, 4.69) is 53.5 Å². The average molecular weight is 435 g/mol. The fourth-order valence-corrected chi connectivity index (χ4v) is 5.75. The van der Waals surface area contributed by atoms with Crippen molar-refractivity contribution >= 4 is 12.0 Å². The minimum Gasteiger partial charge on any atom is -0.478 e. The van der Waals surface area contributed by atoms with Gasteiger partial charge in [0.05, 0.1) is 5.56 Å². The first-order chi connectivity index (χ1) is 15.4. The highest BCUT2D eigenvalue weighted by Crippen LogP contribution is 2.50. The highest BCUT2D eigenvalue weighted by molar-refractivity contribution is 5.87. The molecule has 168 valence electrons. The molecule has 1 aliphatic heterocycles. The molecular formula is C27H31FN2O2. The van der Waals surface area contributed by atoms with E-state index in [9.17, 15) is 9.18 Å². The molecule has 1 spiro atoms. The van der Waals surface area contributed by atoms with Gasteiger partial charge in [-0.1, -0.05) is 55.0 Å². The van der Waals surface area contributed by atoms with Gasteiger partial charge in [-0.05, 0) is 54.7 Å². The molecule has 2 saturated carbocycles. The average Bonchev–Trinajstić information content (AvgIpc) is 3.49. The normalized spacial score (nSPS) is 24.8. The molecule has 3 fully saturated rings. The number of halogens is 1. The molecule has 3 aliphatic rings. The minimum absolute atomic E-state index is 0.00228. The van der Waals surface area contributed by atoms with Crippen LogP contribution in [0.15, 0.2) is 54.1 Å². The summed E-state index contributed by atoms with van der Waals surface area (Å²) in [6.45, 7) is 4.82. The van der Waals surface area contributed by atoms with Crippen molar-refractivity contribution in [2.75, 3.05) is 13.1 Å². The third kappa shape index (κ3) is 4.37. The lowest BCUT2D eigenvalue weighted by molar-refractivity contribution is -0.0837. The SMILES string of the molecule is CC/C(=C\c1ccccc1)[C@@H]1C[C@H]1NC1CC2(C1)CN(Cc1ccc(C(=O)O)cc1F)C2. The van der Waals surface area contributed by atoms with Gasteiger partial charge in [-0.2, -0.15) is 0 Å². The third-order valence-electron chi connectivity index (χ3n) is 7.45. The summed E-state index contributed by atoms with van der Waals surface area (Å²) in [4.78, 5) is 13.2. The Morgan fingerprint density at radius 3 is 2.62 bits per heavy atom. The zero-order valence-electron chi connectivity index (χ0n) is 18.6. The zero-order valence-corrected chi connectivity index (χ0v) is 18.6. The Morgan fingerprint density at radius 1 is 1.22 bits per heavy atom. The molecule has 2 aliphatic carbocycles. The summed E-state index contributed by atoms with van der Waals surface area (Å²) in [7, 11) is 0. The number of hydrogen-bond acceptors (Lipinski definition) is 3. The van der Waals surface area contributed by atoms with E-state index in [4.69, 9.17) is 5.11 Å². The van der Waals surface area contributed by atoms with Gasteiger partial charge in [0.2, 0.25) is 0 Å². The molecule has 1 saturated heterocycles. The summed E-state index contributed by atoms with van der Waals surface area (Å²) in [6.07, 6.45) is 7.12. The maximum atomic E-state index is 14.2. The van der Waals surface area contributed by atoms with Crippen molar-refractivity contribution in [1.82, 2.24) is 10.2 Å². The van der Waals surface area contributed by atoms with E-state index in [-0.39, 0.29) is 5.56 Å². The standard InChI is InChI=1S/C27H31FN2O2/c1-2-19(10-18-6-4-3-5-7-18)23-12-25(23)29-22-13-27(14-22)16-30(17-27)15-21-9-8-20(26(31)32)11-24(21)28/h3-11,22-23,25,29H,2,12-17H2,1H3,(H,31,32)/b19-10+/t23-,25+/m0/s1. The molecule has 2 N–H and O–H groups in total. The molecule has 5 heteroatoms. The Balaban J connectivity index is 1.07. The van der Waals surface area contributed by atoms with Crippen molar-refractivity contribution in [2.24, 2.45) is 11.3 Å². The second-order valence-corrected chi connectivity index (χ2v) is 9.96. The Bertz CT molecular complexity index is 1020. The quantitative estimate of drug-likeness (QED) is 0.617. The molecular weight excluding hydrogens is 403 g/mol. The van der Waals surface area contributed by atoms with Crippen LogP contribution in [0, 0.1) is 17.2 Å². The minimum atomic E-state index is -1.09. The summed E-state index contributed by atoms with van der Waals surface area (Å²) < 4.78 is 14.2. The number of rotatable bonds is 8. The van der Waals surface area contributed by atoms with Crippen LogP contribution in [0.1, 0.15) is 54.1 Å². The van der Waals surface area contributed by atoms with E-state index in [1.54, 1.807) is 11.6 Å². The van der Waals surface area contributed by atoms with Gasteiger partial charge in [0.25, 0.3) is 0 Å². The van der Waals surface area contributed by atoms with Crippen LogP contribution in [0.4, 0.5) is 4.39 Å². The number of carboxylic acid groups (broad SMARTS) is 1. The van der Waals surface area contributed by atoms with Crippen LogP contribution in [0.5, 0.6) is 0 Å². The van der Waals surface area contributed by atoms with Crippen LogP contribution >= 0.6 is 0 Å². The summed E-state index contributed by atoms with van der Waals surface area (Å²) in [5, 5.41) is 12.9. The zero-order chi connectivity index (χ0) is 22.3. The van der Waals surface area contributed by atoms with Crippen molar-refractivity contribution < 1.29 is 14.3 Å². The van der Waals surface area contributed by atoms with Gasteiger partial charge in [0, 0.05) is 37.3 Å². The number of hydrogen-bond donors (Lipinski definition) is 2. The lowest BCUT2D eigenvalue weighted by Crippen LogP contribution is -2.65. The smallest absolute Gasteiger partial charge is 0.335 e. The van der Waals surface area contributed by atoms with Crippen LogP contribution in [-0.4, -0.2) is 41.1 Å². The summed E-state index contributed by atoms with van der Waals surface area (Å²) in [6, 6.07) is 16.0. The molecule has 1 heterocycles. The van der Waals surface area contributed by atoms with Gasteiger partial charge in [0.1, 0.15) is 5.82 Å². The Morgan fingerprint density at radius 2 is 1.97 bits per heavy atom. The summed E-state index contributed by atoms with van der Waals surface area (Å²) in [5.41, 5.74) is 3.82. The van der Waals surface area contributed by atoms with Crippen LogP contribution in [-0.2, 0) is 6.54 Å². The van der Waals surface area contributed by atoms with Crippen molar-refractivity contribution in [2.45, 2.75) is 51.2 Å². The lowest BCUT2D eigenvalue weighted by atomic mass is 9.60. The van der Waals surface area contributed by atoms with Gasteiger partial charge >= 0.3 is 5.97 Å². The van der Waals surface area contributed by atoms with E-state index in [1.807, 2.05) is 0 Å². The molecule has 5 rings (SSSR count). The topological polar surface area (TPSA) is 52.6 Å². The van der Waals surface area contributed by atoms with Crippen LogP contribution < -0.4 is 5.32 Å². The van der Waals surface area contributed by atoms with Crippen LogP contribution in [0.2, 0.25) is 0 Å². The van der Waals surface area contributed by atoms with Gasteiger partial charge in [-0.3, -0.25) is 4.90 Å². The van der Waals surface area contributed by atoms with Crippen molar-refractivity contribution in [3.8, 4) is 0 Å². The maximum absolute atomic E-state index is 14.2. The molecule has 2 aromatic rings. The van der Waals surface area contributed by atoms with E-state index < -0.39 is 11.8 Å². The molecule has 4 nitrogen and oxygen atoms in total. The summed E-state index contributed by atoms with van der Waals surface area (Å²) in [5.74, 6) is -0.841. The molecule has 0 amide bonds. The van der Waals surface area contributed by atoms with Crippen LogP contribution in [0.3, 0.4) is 0 Å². The molecule has 2 atom stereocenters. The van der Waals surface area contributed by atoms with Gasteiger partial charge in [-0.15, -0.1) is 0 Å². The molecule has 0 bridgehead atoms. The number of nitrogens with one attached hydrogen (secondary N) is 1.